The second kappa shape index (κ2) is 16.7. The Kier molecular flexibility index (Phi) is 17.1. The fourth-order valence-electron chi connectivity index (χ4n) is 3.68. The quantitative estimate of drug-likeness (QED) is 0.307. The van der Waals surface area contributed by atoms with Crippen LogP contribution in [0, 0.1) is 11.8 Å². The van der Waals surface area contributed by atoms with Gasteiger partial charge in [0.1, 0.15) is 17.3 Å². The van der Waals surface area contributed by atoms with Crippen molar-refractivity contribution in [2.24, 2.45) is 11.8 Å². The normalized spacial score (nSPS) is 23.8. The molecule has 0 aliphatic carbocycles. The molecular formula is C24H43F2N2NaO8. The van der Waals surface area contributed by atoms with Gasteiger partial charge in [-0.25, -0.2) is 9.59 Å². The summed E-state index contributed by atoms with van der Waals surface area (Å²) >= 11 is 0. The van der Waals surface area contributed by atoms with E-state index in [-0.39, 0.29) is 48.1 Å². The summed E-state index contributed by atoms with van der Waals surface area (Å²) in [6.45, 7) is 12.0. The second-order valence-corrected chi connectivity index (χ2v) is 11.0. The number of aliphatic hydroxyl groups excluding tert-OH is 1. The molecule has 13 heteroatoms. The smallest absolute Gasteiger partial charge is 0.870 e. The van der Waals surface area contributed by atoms with Crippen LogP contribution in [-0.4, -0.2) is 101 Å². The van der Waals surface area contributed by atoms with Gasteiger partial charge in [-0.2, -0.15) is 0 Å². The minimum atomic E-state index is -0.649. The van der Waals surface area contributed by atoms with Gasteiger partial charge in [-0.1, -0.05) is 0 Å². The molecule has 0 aromatic rings. The van der Waals surface area contributed by atoms with Crippen LogP contribution in [0.5, 0.6) is 0 Å². The second-order valence-electron chi connectivity index (χ2n) is 11.0. The summed E-state index contributed by atoms with van der Waals surface area (Å²) in [5.41, 5.74) is -1.12. The van der Waals surface area contributed by atoms with Crippen molar-refractivity contribution in [1.29, 1.82) is 0 Å². The Balaban J connectivity index is 0. The third-order valence-corrected chi connectivity index (χ3v) is 5.38. The third-order valence-electron chi connectivity index (χ3n) is 5.38. The summed E-state index contributed by atoms with van der Waals surface area (Å²) in [6.07, 6.45) is -1.14. The van der Waals surface area contributed by atoms with E-state index in [1.807, 2.05) is 0 Å². The fraction of sp³-hybridized carbons (Fsp3) is 0.875. The first-order chi connectivity index (χ1) is 16.1. The number of carbonyl (C=O) groups excluding carboxylic acids is 3. The van der Waals surface area contributed by atoms with Crippen LogP contribution >= 0.6 is 0 Å². The first-order valence-electron chi connectivity index (χ1n) is 12.0. The van der Waals surface area contributed by atoms with Crippen molar-refractivity contribution in [2.45, 2.75) is 84.7 Å². The molecule has 0 aromatic carbocycles. The van der Waals surface area contributed by atoms with Crippen molar-refractivity contribution in [2.75, 3.05) is 39.5 Å². The van der Waals surface area contributed by atoms with Gasteiger partial charge in [0.2, 0.25) is 0 Å². The topological polar surface area (TPSA) is 136 Å². The number of carbonyl (C=O) groups is 3. The molecule has 2 rings (SSSR count). The van der Waals surface area contributed by atoms with Crippen molar-refractivity contribution in [3.05, 3.63) is 0 Å². The van der Waals surface area contributed by atoms with Crippen LogP contribution in [0.4, 0.5) is 18.4 Å². The predicted molar refractivity (Wildman–Crippen MR) is 127 cm³/mol. The number of esters is 1. The molecule has 0 spiro atoms. The van der Waals surface area contributed by atoms with Crippen LogP contribution < -0.4 is 29.6 Å². The number of rotatable bonds is 3. The SMILES string of the molecule is CC(=O)OC1CCN(C(=O)OC(C)(C)C)CC1CF.CC(C)(C)OC(=O)N1CCC(O)C(CF)C1.[Na+].[OH-]. The number of nitrogens with zero attached hydrogens (tertiary/aromatic N) is 2. The minimum absolute atomic E-state index is 0. The third kappa shape index (κ3) is 14.5. The van der Waals surface area contributed by atoms with E-state index in [9.17, 15) is 28.3 Å². The number of halogens is 2. The van der Waals surface area contributed by atoms with Gasteiger partial charge in [0.05, 0.1) is 19.5 Å². The molecule has 0 saturated carbocycles. The van der Waals surface area contributed by atoms with E-state index in [4.69, 9.17) is 14.2 Å². The van der Waals surface area contributed by atoms with E-state index in [1.54, 1.807) is 41.5 Å². The molecule has 4 unspecified atom stereocenters. The van der Waals surface area contributed by atoms with Crippen LogP contribution in [0.15, 0.2) is 0 Å². The number of alkyl halides is 2. The molecule has 2 aliphatic heterocycles. The average Bonchev–Trinajstić information content (AvgIpc) is 2.72. The molecule has 0 radical (unpaired) electrons. The Labute approximate surface area is 240 Å². The number of amides is 2. The average molecular weight is 549 g/mol. The molecule has 2 fully saturated rings. The number of aliphatic hydroxyl groups is 1. The Morgan fingerprint density at radius 2 is 1.24 bits per heavy atom. The molecular weight excluding hydrogens is 505 g/mol. The molecule has 0 bridgehead atoms. The summed E-state index contributed by atoms with van der Waals surface area (Å²) in [5.74, 6) is -1.39. The zero-order valence-electron chi connectivity index (χ0n) is 23.5. The van der Waals surface area contributed by atoms with Crippen molar-refractivity contribution >= 4 is 18.2 Å². The Morgan fingerprint density at radius 3 is 1.62 bits per heavy atom. The number of hydrogen-bond donors (Lipinski definition) is 1. The van der Waals surface area contributed by atoms with Gasteiger partial charge in [0.15, 0.2) is 0 Å². The zero-order valence-corrected chi connectivity index (χ0v) is 25.5. The number of piperidine rings is 2. The monoisotopic (exact) mass is 548 g/mol. The van der Waals surface area contributed by atoms with Crippen molar-refractivity contribution in [3.8, 4) is 0 Å². The summed E-state index contributed by atoms with van der Waals surface area (Å²) in [5, 5.41) is 9.48. The van der Waals surface area contributed by atoms with Crippen LogP contribution in [0.3, 0.4) is 0 Å². The van der Waals surface area contributed by atoms with Gasteiger partial charge in [-0.15, -0.1) is 0 Å². The zero-order chi connectivity index (χ0) is 27.0. The summed E-state index contributed by atoms with van der Waals surface area (Å²) in [4.78, 5) is 37.4. The Hall–Kier alpha value is -1.21. The Bertz CT molecular complexity index is 718. The van der Waals surface area contributed by atoms with E-state index in [1.165, 1.54) is 16.7 Å². The van der Waals surface area contributed by atoms with Crippen LogP contribution in [0.2, 0.25) is 0 Å². The van der Waals surface area contributed by atoms with E-state index < -0.39 is 66.8 Å². The van der Waals surface area contributed by atoms with Crippen molar-refractivity contribution in [1.82, 2.24) is 9.80 Å². The molecule has 10 nitrogen and oxygen atoms in total. The number of hydrogen-bond acceptors (Lipinski definition) is 8. The molecule has 2 N–H and O–H groups in total. The fourth-order valence-corrected chi connectivity index (χ4v) is 3.68. The number of ether oxygens (including phenoxy) is 3. The summed E-state index contributed by atoms with van der Waals surface area (Å²) < 4.78 is 41.0. The molecule has 0 aromatic heterocycles. The van der Waals surface area contributed by atoms with Gasteiger partial charge in [0, 0.05) is 51.4 Å². The van der Waals surface area contributed by atoms with E-state index in [2.05, 4.69) is 0 Å². The molecule has 212 valence electrons. The largest absolute Gasteiger partial charge is 1.00 e. The molecule has 2 saturated heterocycles. The molecule has 2 aliphatic rings. The predicted octanol–water partition coefficient (Wildman–Crippen LogP) is 0.546. The first kappa shape index (κ1) is 37.9. The summed E-state index contributed by atoms with van der Waals surface area (Å²) in [7, 11) is 0. The van der Waals surface area contributed by atoms with Gasteiger partial charge in [0.25, 0.3) is 0 Å². The van der Waals surface area contributed by atoms with Gasteiger partial charge < -0.3 is 34.6 Å². The molecule has 2 amide bonds. The van der Waals surface area contributed by atoms with Crippen molar-refractivity contribution < 1.29 is 77.5 Å². The van der Waals surface area contributed by atoms with Crippen LogP contribution in [0.25, 0.3) is 0 Å². The van der Waals surface area contributed by atoms with Gasteiger partial charge in [-0.3, -0.25) is 13.6 Å². The standard InChI is InChI=1S/C13H22FNO4.C11H20FNO3.Na.H2O/c1-9(16)18-11-5-6-15(8-10(11)7-14)12(17)19-13(2,3)4;1-11(2,3)16-10(15)13-5-4-9(14)8(6-12)7-13;;/h10-11H,5-8H2,1-4H3;8-9,14H,4-7H2,1-3H3;;1H2/q;;+1;/p-1. The van der Waals surface area contributed by atoms with Crippen molar-refractivity contribution in [3.63, 3.8) is 0 Å². The molecule has 37 heavy (non-hydrogen) atoms. The molecule has 2 heterocycles. The maximum absolute atomic E-state index is 13.0. The van der Waals surface area contributed by atoms with E-state index in [0.29, 0.717) is 25.9 Å². The maximum Gasteiger partial charge on any atom is 1.00 e. The van der Waals surface area contributed by atoms with E-state index in [0.717, 1.165) is 0 Å². The number of likely N-dealkylation sites (tertiary alicyclic amines) is 2. The van der Waals surface area contributed by atoms with Crippen LogP contribution in [0.1, 0.15) is 61.3 Å². The maximum atomic E-state index is 13.0. The van der Waals surface area contributed by atoms with Gasteiger partial charge in [-0.05, 0) is 48.0 Å². The van der Waals surface area contributed by atoms with Crippen LogP contribution in [-0.2, 0) is 19.0 Å². The first-order valence-corrected chi connectivity index (χ1v) is 12.0. The van der Waals surface area contributed by atoms with Gasteiger partial charge >= 0.3 is 47.7 Å². The summed E-state index contributed by atoms with van der Waals surface area (Å²) in [6, 6.07) is 0. The molecule has 4 atom stereocenters. The van der Waals surface area contributed by atoms with E-state index >= 15 is 0 Å². The Morgan fingerprint density at radius 1 is 0.838 bits per heavy atom. The minimum Gasteiger partial charge on any atom is -0.870 e.